The zero-order chi connectivity index (χ0) is 19.2. The number of benzene rings is 1. The van der Waals surface area contributed by atoms with E-state index in [-0.39, 0.29) is 18.1 Å². The summed E-state index contributed by atoms with van der Waals surface area (Å²) in [6.07, 6.45) is 4.09. The number of aromatic amines is 1. The van der Waals surface area contributed by atoms with Gasteiger partial charge in [0, 0.05) is 29.9 Å². The lowest BCUT2D eigenvalue weighted by atomic mass is 10.1. The molecule has 1 amide bonds. The van der Waals surface area contributed by atoms with E-state index in [2.05, 4.69) is 25.2 Å². The van der Waals surface area contributed by atoms with Gasteiger partial charge in [-0.1, -0.05) is 12.1 Å². The predicted octanol–water partition coefficient (Wildman–Crippen LogP) is 3.95. The van der Waals surface area contributed by atoms with Gasteiger partial charge in [0.2, 0.25) is 5.91 Å². The highest BCUT2D eigenvalue weighted by Gasteiger charge is 2.13. The summed E-state index contributed by atoms with van der Waals surface area (Å²) in [5, 5.41) is 9.87. The number of H-pyrrole nitrogens is 1. The smallest absolute Gasteiger partial charge is 0.387 e. The molecule has 27 heavy (non-hydrogen) atoms. The average Bonchev–Trinajstić information content (AvgIpc) is 3.02. The van der Waals surface area contributed by atoms with Gasteiger partial charge >= 0.3 is 6.61 Å². The Balaban J connectivity index is 1.56. The third-order valence-corrected chi connectivity index (χ3v) is 4.03. The SMILES string of the molecule is Cc1c(NC(=O)CCc2ccc(OC(F)F)cc2)n[nH]c1-c1ccncc1. The average molecular weight is 372 g/mol. The lowest BCUT2D eigenvalue weighted by Gasteiger charge is -2.06. The van der Waals surface area contributed by atoms with Crippen molar-refractivity contribution in [2.45, 2.75) is 26.4 Å². The van der Waals surface area contributed by atoms with Gasteiger partial charge in [-0.15, -0.1) is 0 Å². The van der Waals surface area contributed by atoms with Crippen LogP contribution in [0.15, 0.2) is 48.8 Å². The van der Waals surface area contributed by atoms with E-state index in [0.29, 0.717) is 12.2 Å². The molecule has 3 rings (SSSR count). The number of hydrogen-bond acceptors (Lipinski definition) is 4. The molecule has 0 aliphatic heterocycles. The van der Waals surface area contributed by atoms with E-state index in [4.69, 9.17) is 0 Å². The van der Waals surface area contributed by atoms with Crippen LogP contribution in [-0.2, 0) is 11.2 Å². The highest BCUT2D eigenvalue weighted by atomic mass is 19.3. The summed E-state index contributed by atoms with van der Waals surface area (Å²) in [6, 6.07) is 9.94. The van der Waals surface area contributed by atoms with E-state index >= 15 is 0 Å². The van der Waals surface area contributed by atoms with Crippen molar-refractivity contribution >= 4 is 11.7 Å². The van der Waals surface area contributed by atoms with Crippen molar-refractivity contribution in [1.82, 2.24) is 15.2 Å². The zero-order valence-electron chi connectivity index (χ0n) is 14.6. The molecular formula is C19H18F2N4O2. The quantitative estimate of drug-likeness (QED) is 0.658. The largest absolute Gasteiger partial charge is 0.435 e. The van der Waals surface area contributed by atoms with Crippen molar-refractivity contribution in [2.75, 3.05) is 5.32 Å². The standard InChI is InChI=1S/C19H18F2N4O2/c1-12-17(14-8-10-22-11-9-14)24-25-18(12)23-16(26)7-4-13-2-5-15(6-3-13)27-19(20)21/h2-3,5-6,8-11,19H,4,7H2,1H3,(H2,23,24,25,26). The summed E-state index contributed by atoms with van der Waals surface area (Å²) in [5.74, 6) is 0.389. The number of aryl methyl sites for hydroxylation is 1. The lowest BCUT2D eigenvalue weighted by molar-refractivity contribution is -0.116. The topological polar surface area (TPSA) is 79.9 Å². The molecule has 1 aromatic carbocycles. The highest BCUT2D eigenvalue weighted by molar-refractivity contribution is 5.91. The van der Waals surface area contributed by atoms with Crippen LogP contribution in [0, 0.1) is 6.92 Å². The van der Waals surface area contributed by atoms with E-state index in [1.807, 2.05) is 19.1 Å². The lowest BCUT2D eigenvalue weighted by Crippen LogP contribution is -2.13. The Kier molecular flexibility index (Phi) is 5.75. The van der Waals surface area contributed by atoms with E-state index in [9.17, 15) is 13.6 Å². The number of pyridine rings is 1. The molecule has 0 aliphatic carbocycles. The molecule has 0 fully saturated rings. The summed E-state index contributed by atoms with van der Waals surface area (Å²) in [4.78, 5) is 16.2. The minimum atomic E-state index is -2.85. The van der Waals surface area contributed by atoms with Crippen LogP contribution in [0.3, 0.4) is 0 Å². The third-order valence-electron chi connectivity index (χ3n) is 4.03. The maximum absolute atomic E-state index is 12.2. The first kappa shape index (κ1) is 18.5. The molecule has 0 aliphatic rings. The molecule has 0 spiro atoms. The van der Waals surface area contributed by atoms with Gasteiger partial charge in [-0.2, -0.15) is 13.9 Å². The Bertz CT molecular complexity index is 896. The van der Waals surface area contributed by atoms with Gasteiger partial charge in [0.05, 0.1) is 5.69 Å². The zero-order valence-corrected chi connectivity index (χ0v) is 14.6. The number of carbonyl (C=O) groups is 1. The molecule has 3 aromatic rings. The molecule has 6 nitrogen and oxygen atoms in total. The molecule has 8 heteroatoms. The van der Waals surface area contributed by atoms with Crippen molar-refractivity contribution < 1.29 is 18.3 Å². The summed E-state index contributed by atoms with van der Waals surface area (Å²) in [7, 11) is 0. The van der Waals surface area contributed by atoms with Crippen LogP contribution in [0.4, 0.5) is 14.6 Å². The van der Waals surface area contributed by atoms with Crippen molar-refractivity contribution in [2.24, 2.45) is 0 Å². The van der Waals surface area contributed by atoms with Crippen LogP contribution >= 0.6 is 0 Å². The summed E-state index contributed by atoms with van der Waals surface area (Å²) >= 11 is 0. The van der Waals surface area contributed by atoms with Gasteiger partial charge in [-0.25, -0.2) is 0 Å². The molecule has 0 bridgehead atoms. The third kappa shape index (κ3) is 4.87. The first-order chi connectivity index (χ1) is 13.0. The summed E-state index contributed by atoms with van der Waals surface area (Å²) < 4.78 is 28.6. The predicted molar refractivity (Wildman–Crippen MR) is 96.6 cm³/mol. The van der Waals surface area contributed by atoms with Crippen LogP contribution in [0.25, 0.3) is 11.3 Å². The van der Waals surface area contributed by atoms with Crippen molar-refractivity contribution in [1.29, 1.82) is 0 Å². The van der Waals surface area contributed by atoms with Crippen LogP contribution in [-0.4, -0.2) is 27.7 Å². The number of alkyl halides is 2. The van der Waals surface area contributed by atoms with Gasteiger partial charge in [0.15, 0.2) is 5.82 Å². The second-order valence-electron chi connectivity index (χ2n) is 5.88. The molecule has 2 heterocycles. The number of halogens is 2. The molecular weight excluding hydrogens is 354 g/mol. The number of aromatic nitrogens is 3. The normalized spacial score (nSPS) is 10.8. The van der Waals surface area contributed by atoms with Crippen LogP contribution in [0.1, 0.15) is 17.5 Å². The summed E-state index contributed by atoms with van der Waals surface area (Å²) in [6.45, 7) is -0.980. The van der Waals surface area contributed by atoms with Gasteiger partial charge < -0.3 is 10.1 Å². The van der Waals surface area contributed by atoms with E-state index in [1.165, 1.54) is 12.1 Å². The number of amides is 1. The molecule has 0 unspecified atom stereocenters. The number of nitrogens with zero attached hydrogens (tertiary/aromatic N) is 2. The number of anilines is 1. The van der Waals surface area contributed by atoms with Crippen LogP contribution in [0.5, 0.6) is 5.75 Å². The minimum absolute atomic E-state index is 0.0917. The number of nitrogens with one attached hydrogen (secondary N) is 2. The second-order valence-corrected chi connectivity index (χ2v) is 5.88. The van der Waals surface area contributed by atoms with Crippen molar-refractivity contribution in [3.05, 3.63) is 59.9 Å². The maximum Gasteiger partial charge on any atom is 0.387 e. The van der Waals surface area contributed by atoms with E-state index in [0.717, 1.165) is 22.4 Å². The fraction of sp³-hybridized carbons (Fsp3) is 0.211. The number of rotatable bonds is 7. The Morgan fingerprint density at radius 3 is 2.56 bits per heavy atom. The molecule has 0 atom stereocenters. The fourth-order valence-corrected chi connectivity index (χ4v) is 2.61. The Morgan fingerprint density at radius 2 is 1.89 bits per heavy atom. The summed E-state index contributed by atoms with van der Waals surface area (Å²) in [5.41, 5.74) is 3.44. The molecule has 2 N–H and O–H groups in total. The van der Waals surface area contributed by atoms with Gasteiger partial charge in [0.1, 0.15) is 5.75 Å². The first-order valence-corrected chi connectivity index (χ1v) is 8.32. The maximum atomic E-state index is 12.2. The number of hydrogen-bond donors (Lipinski definition) is 2. The van der Waals surface area contributed by atoms with Gasteiger partial charge in [-0.3, -0.25) is 14.9 Å². The molecule has 0 saturated carbocycles. The molecule has 0 saturated heterocycles. The molecule has 0 radical (unpaired) electrons. The van der Waals surface area contributed by atoms with Crippen LogP contribution in [0.2, 0.25) is 0 Å². The minimum Gasteiger partial charge on any atom is -0.435 e. The van der Waals surface area contributed by atoms with Crippen LogP contribution < -0.4 is 10.1 Å². The second kappa shape index (κ2) is 8.39. The first-order valence-electron chi connectivity index (χ1n) is 8.32. The van der Waals surface area contributed by atoms with E-state index < -0.39 is 6.61 Å². The molecule has 2 aromatic heterocycles. The number of carbonyl (C=O) groups excluding carboxylic acids is 1. The fourth-order valence-electron chi connectivity index (χ4n) is 2.61. The van der Waals surface area contributed by atoms with Crippen molar-refractivity contribution in [3.63, 3.8) is 0 Å². The monoisotopic (exact) mass is 372 g/mol. The van der Waals surface area contributed by atoms with Crippen molar-refractivity contribution in [3.8, 4) is 17.0 Å². The van der Waals surface area contributed by atoms with E-state index in [1.54, 1.807) is 24.5 Å². The number of ether oxygens (including phenoxy) is 1. The van der Waals surface area contributed by atoms with Gasteiger partial charge in [0.25, 0.3) is 0 Å². The Morgan fingerprint density at radius 1 is 1.19 bits per heavy atom. The Labute approximate surface area is 154 Å². The highest BCUT2D eigenvalue weighted by Crippen LogP contribution is 2.25. The Hall–Kier alpha value is -3.29. The molecule has 140 valence electrons. The van der Waals surface area contributed by atoms with Gasteiger partial charge in [-0.05, 0) is 43.2 Å².